The van der Waals surface area contributed by atoms with Gasteiger partial charge in [-0.25, -0.2) is 0 Å². The number of guanidine groups is 1. The number of rotatable bonds is 6. The lowest BCUT2D eigenvalue weighted by molar-refractivity contribution is 0.410. The molecule has 0 saturated heterocycles. The number of ether oxygens (including phenoxy) is 1. The summed E-state index contributed by atoms with van der Waals surface area (Å²) in [5.74, 6) is 2.04. The maximum atomic E-state index is 10.0. The van der Waals surface area contributed by atoms with Crippen molar-refractivity contribution in [1.29, 1.82) is 0 Å². The molecule has 0 aliphatic rings. The van der Waals surface area contributed by atoms with E-state index in [1.165, 1.54) is 5.56 Å². The van der Waals surface area contributed by atoms with E-state index in [2.05, 4.69) is 29.3 Å². The summed E-state index contributed by atoms with van der Waals surface area (Å²) in [5.41, 5.74) is 3.03. The zero-order valence-electron chi connectivity index (χ0n) is 16.4. The van der Waals surface area contributed by atoms with Gasteiger partial charge in [-0.05, 0) is 24.1 Å². The number of nitrogens with one attached hydrogen (secondary N) is 1. The lowest BCUT2D eigenvalue weighted by Gasteiger charge is -2.22. The Kier molecular flexibility index (Phi) is 6.49. The Balaban J connectivity index is 2.07. The number of hydrogen-bond acceptors (Lipinski definition) is 4. The van der Waals surface area contributed by atoms with E-state index in [0.717, 1.165) is 17.2 Å². The molecule has 0 atom stereocenters. The molecule has 1 aromatic carbocycles. The summed E-state index contributed by atoms with van der Waals surface area (Å²) in [6.45, 7) is 5.43. The second kappa shape index (κ2) is 8.60. The first kappa shape index (κ1) is 19.6. The van der Waals surface area contributed by atoms with Gasteiger partial charge in [0, 0.05) is 51.6 Å². The molecular weight excluding hydrogens is 330 g/mol. The Morgan fingerprint density at radius 2 is 2.12 bits per heavy atom. The summed E-state index contributed by atoms with van der Waals surface area (Å²) in [5, 5.41) is 17.9. The van der Waals surface area contributed by atoms with Gasteiger partial charge in [-0.2, -0.15) is 5.10 Å². The van der Waals surface area contributed by atoms with Crippen LogP contribution in [0.5, 0.6) is 11.5 Å². The lowest BCUT2D eigenvalue weighted by atomic mass is 10.1. The zero-order chi connectivity index (χ0) is 19.3. The second-order valence-corrected chi connectivity index (χ2v) is 6.62. The molecule has 0 spiro atoms. The van der Waals surface area contributed by atoms with Gasteiger partial charge in [-0.3, -0.25) is 9.67 Å². The average Bonchev–Trinajstić information content (AvgIpc) is 2.97. The van der Waals surface area contributed by atoms with Gasteiger partial charge in [0.25, 0.3) is 0 Å². The van der Waals surface area contributed by atoms with Crippen LogP contribution in [-0.4, -0.2) is 47.0 Å². The minimum atomic E-state index is 0.228. The molecule has 2 rings (SSSR count). The van der Waals surface area contributed by atoms with Crippen molar-refractivity contribution >= 4 is 5.96 Å². The summed E-state index contributed by atoms with van der Waals surface area (Å²) in [6.07, 6.45) is 2.05. The fraction of sp³-hybridized carbons (Fsp3) is 0.474. The van der Waals surface area contributed by atoms with Crippen LogP contribution in [0.3, 0.4) is 0 Å². The number of aromatic hydroxyl groups is 1. The van der Waals surface area contributed by atoms with Crippen LogP contribution in [0.25, 0.3) is 0 Å². The monoisotopic (exact) mass is 359 g/mol. The third-order valence-corrected chi connectivity index (χ3v) is 4.19. The van der Waals surface area contributed by atoms with E-state index in [1.807, 2.05) is 35.9 Å². The highest BCUT2D eigenvalue weighted by Crippen LogP contribution is 2.23. The van der Waals surface area contributed by atoms with Crippen LogP contribution in [-0.2, 0) is 20.1 Å². The largest absolute Gasteiger partial charge is 0.508 e. The highest BCUT2D eigenvalue weighted by molar-refractivity contribution is 5.79. The van der Waals surface area contributed by atoms with Crippen molar-refractivity contribution in [2.24, 2.45) is 12.0 Å². The first-order valence-electron chi connectivity index (χ1n) is 8.65. The van der Waals surface area contributed by atoms with Gasteiger partial charge in [0.2, 0.25) is 0 Å². The van der Waals surface area contributed by atoms with Crippen molar-refractivity contribution in [3.63, 3.8) is 0 Å². The molecular formula is C19H29N5O2. The number of benzene rings is 1. The zero-order valence-corrected chi connectivity index (χ0v) is 16.4. The molecule has 1 heterocycles. The molecule has 7 nitrogen and oxygen atoms in total. The summed E-state index contributed by atoms with van der Waals surface area (Å²) >= 11 is 0. The third-order valence-electron chi connectivity index (χ3n) is 4.19. The summed E-state index contributed by atoms with van der Waals surface area (Å²) < 4.78 is 7.07. The van der Waals surface area contributed by atoms with Crippen molar-refractivity contribution < 1.29 is 9.84 Å². The normalized spacial score (nSPS) is 11.7. The van der Waals surface area contributed by atoms with E-state index in [9.17, 15) is 5.11 Å². The number of phenols is 1. The van der Waals surface area contributed by atoms with Gasteiger partial charge in [0.05, 0.1) is 12.8 Å². The first-order valence-corrected chi connectivity index (χ1v) is 8.65. The molecule has 0 aliphatic carbocycles. The highest BCUT2D eigenvalue weighted by atomic mass is 16.5. The minimum absolute atomic E-state index is 0.228. The lowest BCUT2D eigenvalue weighted by Crippen LogP contribution is -2.38. The Hall–Kier alpha value is -2.70. The van der Waals surface area contributed by atoms with Gasteiger partial charge >= 0.3 is 0 Å². The van der Waals surface area contributed by atoms with Crippen molar-refractivity contribution in [2.45, 2.75) is 32.9 Å². The van der Waals surface area contributed by atoms with Gasteiger partial charge in [-0.15, -0.1) is 0 Å². The van der Waals surface area contributed by atoms with Crippen LogP contribution in [0, 0.1) is 0 Å². The van der Waals surface area contributed by atoms with Crippen LogP contribution >= 0.6 is 0 Å². The Morgan fingerprint density at radius 3 is 2.73 bits per heavy atom. The van der Waals surface area contributed by atoms with Gasteiger partial charge in [-0.1, -0.05) is 13.8 Å². The summed E-state index contributed by atoms with van der Waals surface area (Å²) in [7, 11) is 7.28. The topological polar surface area (TPSA) is 74.9 Å². The van der Waals surface area contributed by atoms with E-state index >= 15 is 0 Å². The predicted molar refractivity (Wildman–Crippen MR) is 104 cm³/mol. The molecule has 0 fully saturated rings. The van der Waals surface area contributed by atoms with Crippen LogP contribution in [0.1, 0.15) is 36.6 Å². The van der Waals surface area contributed by atoms with E-state index in [4.69, 9.17) is 4.74 Å². The molecule has 0 radical (unpaired) electrons. The standard InChI is InChI=1S/C19H29N5O2/c1-13(2)18-15(12-24(5)22-18)11-23(4)19(20-3)21-10-14-9-16(26-6)7-8-17(14)25/h7-9,12-13,25H,10-11H2,1-6H3,(H,20,21). The maximum absolute atomic E-state index is 10.0. The minimum Gasteiger partial charge on any atom is -0.508 e. The van der Waals surface area contributed by atoms with Gasteiger partial charge in [0.1, 0.15) is 11.5 Å². The number of hydrogen-bond donors (Lipinski definition) is 2. The number of aryl methyl sites for hydroxylation is 1. The Morgan fingerprint density at radius 1 is 1.38 bits per heavy atom. The van der Waals surface area contributed by atoms with Gasteiger partial charge < -0.3 is 20.1 Å². The fourth-order valence-electron chi connectivity index (χ4n) is 2.88. The molecule has 0 bridgehead atoms. The Labute approximate surface area is 155 Å². The second-order valence-electron chi connectivity index (χ2n) is 6.62. The summed E-state index contributed by atoms with van der Waals surface area (Å²) in [4.78, 5) is 6.39. The van der Waals surface area contributed by atoms with E-state index in [1.54, 1.807) is 26.3 Å². The van der Waals surface area contributed by atoms with E-state index in [-0.39, 0.29) is 5.75 Å². The third kappa shape index (κ3) is 4.68. The Bertz CT molecular complexity index is 767. The van der Waals surface area contributed by atoms with Crippen LogP contribution in [0.15, 0.2) is 29.4 Å². The highest BCUT2D eigenvalue weighted by Gasteiger charge is 2.15. The van der Waals surface area contributed by atoms with Crippen molar-refractivity contribution in [3.05, 3.63) is 41.2 Å². The number of methoxy groups -OCH3 is 1. The van der Waals surface area contributed by atoms with Gasteiger partial charge in [0.15, 0.2) is 5.96 Å². The smallest absolute Gasteiger partial charge is 0.193 e. The molecule has 0 amide bonds. The molecule has 1 aromatic heterocycles. The fourth-order valence-corrected chi connectivity index (χ4v) is 2.88. The average molecular weight is 359 g/mol. The SMILES string of the molecule is CN=C(NCc1cc(OC)ccc1O)N(C)Cc1cn(C)nc1C(C)C. The molecule has 0 aliphatic heterocycles. The molecule has 7 heteroatoms. The number of nitrogens with zero attached hydrogens (tertiary/aromatic N) is 4. The van der Waals surface area contributed by atoms with E-state index < -0.39 is 0 Å². The number of aromatic nitrogens is 2. The van der Waals surface area contributed by atoms with Crippen molar-refractivity contribution in [2.75, 3.05) is 21.2 Å². The van der Waals surface area contributed by atoms with Crippen LogP contribution in [0.2, 0.25) is 0 Å². The molecule has 2 aromatic rings. The number of aliphatic imine (C=N–C) groups is 1. The number of phenolic OH excluding ortho intramolecular Hbond substituents is 1. The predicted octanol–water partition coefficient (Wildman–Crippen LogP) is 2.47. The molecule has 142 valence electrons. The van der Waals surface area contributed by atoms with Crippen LogP contribution in [0.4, 0.5) is 0 Å². The molecule has 0 saturated carbocycles. The van der Waals surface area contributed by atoms with Crippen molar-refractivity contribution in [3.8, 4) is 11.5 Å². The first-order chi connectivity index (χ1) is 12.3. The van der Waals surface area contributed by atoms with E-state index in [0.29, 0.717) is 24.8 Å². The van der Waals surface area contributed by atoms with Crippen LogP contribution < -0.4 is 10.1 Å². The summed E-state index contributed by atoms with van der Waals surface area (Å²) in [6, 6.07) is 5.18. The quantitative estimate of drug-likeness (QED) is 0.612. The maximum Gasteiger partial charge on any atom is 0.193 e. The van der Waals surface area contributed by atoms with Crippen molar-refractivity contribution in [1.82, 2.24) is 20.0 Å². The molecule has 0 unspecified atom stereocenters. The molecule has 26 heavy (non-hydrogen) atoms. The molecule has 2 N–H and O–H groups in total.